The lowest BCUT2D eigenvalue weighted by molar-refractivity contribution is -0.111. The molecule has 0 aliphatic rings. The normalized spacial score (nSPS) is 11.1. The Balaban J connectivity index is 2.01. The van der Waals surface area contributed by atoms with Crippen LogP contribution in [0.1, 0.15) is 12.5 Å². The number of aryl methyl sites for hydroxylation is 1. The van der Waals surface area contributed by atoms with Crippen LogP contribution in [0, 0.1) is 0 Å². The van der Waals surface area contributed by atoms with Crippen LogP contribution in [0.3, 0.4) is 0 Å². The average molecular weight is 309 g/mol. The highest BCUT2D eigenvalue weighted by Crippen LogP contribution is 2.21. The summed E-state index contributed by atoms with van der Waals surface area (Å²) in [6, 6.07) is 12.2. The van der Waals surface area contributed by atoms with Gasteiger partial charge in [-0.3, -0.25) is 4.79 Å². The number of carbonyl (C=O) groups is 1. The third kappa shape index (κ3) is 5.34. The molecule has 4 heteroatoms. The van der Waals surface area contributed by atoms with Crippen molar-refractivity contribution in [2.75, 3.05) is 26.0 Å². The number of likely N-dealkylation sites (N-methyl/N-ethyl adjacent to an activating group) is 1. The molecule has 1 heterocycles. The average Bonchev–Trinajstić information content (AvgIpc) is 2.55. The van der Waals surface area contributed by atoms with E-state index in [9.17, 15) is 4.79 Å². The quantitative estimate of drug-likeness (QED) is 0.832. The van der Waals surface area contributed by atoms with Crippen molar-refractivity contribution < 1.29 is 4.79 Å². The number of carbonyl (C=O) groups excluding carboxylic acids is 1. The standard InChI is InChI=1S/C19H23N3O/c1-4-15-7-5-8-16(13-15)17-10-11-18(20-14-17)21-19(23)9-6-12-22(2)3/h5-11,13-14H,4,12H2,1-3H3,(H,20,21,23)/b9-6+. The summed E-state index contributed by atoms with van der Waals surface area (Å²) in [5, 5.41) is 2.76. The second kappa shape index (κ2) is 8.25. The number of nitrogens with one attached hydrogen (secondary N) is 1. The Kier molecular flexibility index (Phi) is 6.06. The fourth-order valence-corrected chi connectivity index (χ4v) is 2.15. The van der Waals surface area contributed by atoms with E-state index in [1.54, 1.807) is 6.20 Å². The number of pyridine rings is 1. The van der Waals surface area contributed by atoms with Gasteiger partial charge in [0.1, 0.15) is 5.82 Å². The Labute approximate surface area is 137 Å². The fraction of sp³-hybridized carbons (Fsp3) is 0.263. The van der Waals surface area contributed by atoms with Crippen LogP contribution < -0.4 is 5.32 Å². The van der Waals surface area contributed by atoms with Crippen molar-refractivity contribution in [3.05, 3.63) is 60.3 Å². The predicted octanol–water partition coefficient (Wildman–Crippen LogP) is 3.37. The number of anilines is 1. The van der Waals surface area contributed by atoms with Crippen LogP contribution in [0.25, 0.3) is 11.1 Å². The second-order valence-electron chi connectivity index (χ2n) is 5.64. The molecular weight excluding hydrogens is 286 g/mol. The smallest absolute Gasteiger partial charge is 0.249 e. The van der Waals surface area contributed by atoms with E-state index in [-0.39, 0.29) is 5.91 Å². The van der Waals surface area contributed by atoms with Gasteiger partial charge in [-0.15, -0.1) is 0 Å². The molecule has 1 aromatic heterocycles. The molecule has 0 fully saturated rings. The summed E-state index contributed by atoms with van der Waals surface area (Å²) in [6.45, 7) is 2.87. The molecular formula is C19H23N3O. The zero-order valence-corrected chi connectivity index (χ0v) is 13.9. The molecule has 0 bridgehead atoms. The topological polar surface area (TPSA) is 45.2 Å². The summed E-state index contributed by atoms with van der Waals surface area (Å²) in [5.74, 6) is 0.389. The molecule has 2 aromatic rings. The van der Waals surface area contributed by atoms with Crippen LogP contribution in [0.5, 0.6) is 0 Å². The summed E-state index contributed by atoms with van der Waals surface area (Å²) in [6.07, 6.45) is 6.14. The molecule has 0 spiro atoms. The van der Waals surface area contributed by atoms with Crippen LogP contribution in [0.2, 0.25) is 0 Å². The molecule has 0 saturated heterocycles. The van der Waals surface area contributed by atoms with Crippen molar-refractivity contribution in [2.45, 2.75) is 13.3 Å². The number of nitrogens with zero attached hydrogens (tertiary/aromatic N) is 2. The van der Waals surface area contributed by atoms with E-state index in [1.165, 1.54) is 11.6 Å². The maximum absolute atomic E-state index is 11.8. The van der Waals surface area contributed by atoms with Gasteiger partial charge in [0.25, 0.3) is 0 Å². The van der Waals surface area contributed by atoms with Gasteiger partial charge in [0, 0.05) is 24.4 Å². The Morgan fingerprint density at radius 3 is 2.70 bits per heavy atom. The lowest BCUT2D eigenvalue weighted by Gasteiger charge is -2.06. The number of aromatic nitrogens is 1. The van der Waals surface area contributed by atoms with Crippen molar-refractivity contribution in [3.8, 4) is 11.1 Å². The molecule has 4 nitrogen and oxygen atoms in total. The monoisotopic (exact) mass is 309 g/mol. The highest BCUT2D eigenvalue weighted by atomic mass is 16.1. The molecule has 0 saturated carbocycles. The zero-order valence-electron chi connectivity index (χ0n) is 13.9. The van der Waals surface area contributed by atoms with Crippen molar-refractivity contribution >= 4 is 11.7 Å². The van der Waals surface area contributed by atoms with Gasteiger partial charge in [0.2, 0.25) is 5.91 Å². The van der Waals surface area contributed by atoms with E-state index < -0.39 is 0 Å². The van der Waals surface area contributed by atoms with Gasteiger partial charge in [-0.25, -0.2) is 4.98 Å². The van der Waals surface area contributed by atoms with E-state index in [4.69, 9.17) is 0 Å². The highest BCUT2D eigenvalue weighted by Gasteiger charge is 2.02. The first-order chi connectivity index (χ1) is 11.1. The third-order valence-corrected chi connectivity index (χ3v) is 3.42. The van der Waals surface area contributed by atoms with Crippen molar-refractivity contribution in [1.29, 1.82) is 0 Å². The Bertz CT molecular complexity index is 675. The van der Waals surface area contributed by atoms with E-state index in [1.807, 2.05) is 37.2 Å². The molecule has 1 aromatic carbocycles. The summed E-state index contributed by atoms with van der Waals surface area (Å²) in [4.78, 5) is 18.1. The van der Waals surface area contributed by atoms with Crippen LogP contribution in [0.4, 0.5) is 5.82 Å². The minimum absolute atomic E-state index is 0.167. The number of hydrogen-bond donors (Lipinski definition) is 1. The van der Waals surface area contributed by atoms with Gasteiger partial charge >= 0.3 is 0 Å². The van der Waals surface area contributed by atoms with Gasteiger partial charge < -0.3 is 10.2 Å². The lowest BCUT2D eigenvalue weighted by atomic mass is 10.0. The first-order valence-electron chi connectivity index (χ1n) is 7.76. The van der Waals surface area contributed by atoms with Gasteiger partial charge in [0.05, 0.1) is 0 Å². The molecule has 0 aliphatic heterocycles. The van der Waals surface area contributed by atoms with Gasteiger partial charge in [-0.05, 0) is 43.8 Å². The number of rotatable bonds is 6. The van der Waals surface area contributed by atoms with E-state index >= 15 is 0 Å². The summed E-state index contributed by atoms with van der Waals surface area (Å²) in [7, 11) is 3.91. The summed E-state index contributed by atoms with van der Waals surface area (Å²) in [5.41, 5.74) is 3.48. The Morgan fingerprint density at radius 2 is 2.04 bits per heavy atom. The van der Waals surface area contributed by atoms with Gasteiger partial charge in [-0.2, -0.15) is 0 Å². The molecule has 0 atom stereocenters. The van der Waals surface area contributed by atoms with Crippen LogP contribution >= 0.6 is 0 Å². The third-order valence-electron chi connectivity index (χ3n) is 3.42. The molecule has 0 aliphatic carbocycles. The highest BCUT2D eigenvalue weighted by molar-refractivity contribution is 5.98. The van der Waals surface area contributed by atoms with Crippen molar-refractivity contribution in [2.24, 2.45) is 0 Å². The first kappa shape index (κ1) is 16.9. The molecule has 1 amide bonds. The van der Waals surface area contributed by atoms with E-state index in [0.717, 1.165) is 24.1 Å². The van der Waals surface area contributed by atoms with Crippen LogP contribution in [-0.2, 0) is 11.2 Å². The van der Waals surface area contributed by atoms with Gasteiger partial charge in [0.15, 0.2) is 0 Å². The van der Waals surface area contributed by atoms with E-state index in [2.05, 4.69) is 41.5 Å². The fourth-order valence-electron chi connectivity index (χ4n) is 2.15. The van der Waals surface area contributed by atoms with Crippen molar-refractivity contribution in [3.63, 3.8) is 0 Å². The summed E-state index contributed by atoms with van der Waals surface area (Å²) < 4.78 is 0. The zero-order chi connectivity index (χ0) is 16.7. The first-order valence-corrected chi connectivity index (χ1v) is 7.76. The van der Waals surface area contributed by atoms with Crippen molar-refractivity contribution in [1.82, 2.24) is 9.88 Å². The van der Waals surface area contributed by atoms with Crippen LogP contribution in [-0.4, -0.2) is 36.4 Å². The number of amides is 1. The maximum Gasteiger partial charge on any atom is 0.249 e. The Morgan fingerprint density at radius 1 is 1.22 bits per heavy atom. The molecule has 120 valence electrons. The molecule has 0 radical (unpaired) electrons. The second-order valence-corrected chi connectivity index (χ2v) is 5.64. The van der Waals surface area contributed by atoms with Gasteiger partial charge in [-0.1, -0.05) is 37.3 Å². The summed E-state index contributed by atoms with van der Waals surface area (Å²) >= 11 is 0. The molecule has 1 N–H and O–H groups in total. The minimum atomic E-state index is -0.167. The Hall–Kier alpha value is -2.46. The largest absolute Gasteiger partial charge is 0.307 e. The molecule has 23 heavy (non-hydrogen) atoms. The minimum Gasteiger partial charge on any atom is -0.307 e. The molecule has 0 unspecified atom stereocenters. The SMILES string of the molecule is CCc1cccc(-c2ccc(NC(=O)/C=C/CN(C)C)nc2)c1. The van der Waals surface area contributed by atoms with Crippen LogP contribution in [0.15, 0.2) is 54.7 Å². The molecule has 2 rings (SSSR count). The number of benzene rings is 1. The maximum atomic E-state index is 11.8. The van der Waals surface area contributed by atoms with E-state index in [0.29, 0.717) is 5.82 Å². The lowest BCUT2D eigenvalue weighted by Crippen LogP contribution is -2.13. The number of hydrogen-bond acceptors (Lipinski definition) is 3. The predicted molar refractivity (Wildman–Crippen MR) is 95.4 cm³/mol.